The van der Waals surface area contributed by atoms with Crippen molar-refractivity contribution in [3.8, 4) is 0 Å². The van der Waals surface area contributed by atoms with Gasteiger partial charge in [0.1, 0.15) is 11.6 Å². The van der Waals surface area contributed by atoms with Gasteiger partial charge < -0.3 is 5.11 Å². The maximum atomic E-state index is 13.7. The van der Waals surface area contributed by atoms with Crippen LogP contribution in [0.3, 0.4) is 0 Å². The number of halogens is 2. The Morgan fingerprint density at radius 3 is 3.00 bits per heavy atom. The standard InChI is InChI=1S/C16H19F2N3O/c17-12-4-5-15(18)14(9-12)16(22)11-20-7-1-3-13(20)10-21-8-2-6-19-21/h2,4-6,8-9,13,16,22H,1,3,7,10-11H2/t13-,16+/m0/s1. The molecule has 4 nitrogen and oxygen atoms in total. The Balaban J connectivity index is 1.67. The van der Waals surface area contributed by atoms with E-state index < -0.39 is 17.7 Å². The van der Waals surface area contributed by atoms with Crippen molar-refractivity contribution in [1.29, 1.82) is 0 Å². The number of hydrogen-bond acceptors (Lipinski definition) is 3. The molecule has 0 aliphatic carbocycles. The number of nitrogens with zero attached hydrogens (tertiary/aromatic N) is 3. The van der Waals surface area contributed by atoms with Crippen molar-refractivity contribution < 1.29 is 13.9 Å². The minimum atomic E-state index is -1.03. The quantitative estimate of drug-likeness (QED) is 0.922. The van der Waals surface area contributed by atoms with E-state index in [1.165, 1.54) is 0 Å². The highest BCUT2D eigenvalue weighted by Crippen LogP contribution is 2.24. The van der Waals surface area contributed by atoms with E-state index in [0.29, 0.717) is 6.54 Å². The first-order chi connectivity index (χ1) is 10.6. The minimum absolute atomic E-state index is 0.0183. The highest BCUT2D eigenvalue weighted by Gasteiger charge is 2.28. The summed E-state index contributed by atoms with van der Waals surface area (Å²) in [5.74, 6) is -1.11. The number of aromatic nitrogens is 2. The molecule has 6 heteroatoms. The summed E-state index contributed by atoms with van der Waals surface area (Å²) >= 11 is 0. The third-order valence-electron chi connectivity index (χ3n) is 4.18. The summed E-state index contributed by atoms with van der Waals surface area (Å²) in [5.41, 5.74) is 0.0183. The fraction of sp³-hybridized carbons (Fsp3) is 0.438. The van der Waals surface area contributed by atoms with Crippen LogP contribution in [0.5, 0.6) is 0 Å². The number of aliphatic hydroxyl groups excluding tert-OH is 1. The summed E-state index contributed by atoms with van der Waals surface area (Å²) in [6, 6.07) is 5.31. The lowest BCUT2D eigenvalue weighted by molar-refractivity contribution is 0.0975. The van der Waals surface area contributed by atoms with Gasteiger partial charge in [0.25, 0.3) is 0 Å². The summed E-state index contributed by atoms with van der Waals surface area (Å²) in [6.45, 7) is 1.89. The third-order valence-corrected chi connectivity index (χ3v) is 4.18. The molecule has 1 saturated heterocycles. The zero-order chi connectivity index (χ0) is 15.5. The zero-order valence-electron chi connectivity index (χ0n) is 12.2. The highest BCUT2D eigenvalue weighted by atomic mass is 19.1. The molecule has 2 aromatic rings. The van der Waals surface area contributed by atoms with E-state index >= 15 is 0 Å². The van der Waals surface area contributed by atoms with Gasteiger partial charge in [-0.05, 0) is 43.7 Å². The van der Waals surface area contributed by atoms with Gasteiger partial charge in [0, 0.05) is 30.5 Å². The number of benzene rings is 1. The smallest absolute Gasteiger partial charge is 0.129 e. The second-order valence-electron chi connectivity index (χ2n) is 5.70. The fourth-order valence-corrected chi connectivity index (χ4v) is 3.06. The van der Waals surface area contributed by atoms with Gasteiger partial charge in [-0.25, -0.2) is 8.78 Å². The van der Waals surface area contributed by atoms with Crippen molar-refractivity contribution in [2.24, 2.45) is 0 Å². The van der Waals surface area contributed by atoms with Crippen molar-refractivity contribution in [1.82, 2.24) is 14.7 Å². The van der Waals surface area contributed by atoms with E-state index in [1.807, 2.05) is 16.9 Å². The Morgan fingerprint density at radius 2 is 2.23 bits per heavy atom. The third kappa shape index (κ3) is 3.34. The zero-order valence-corrected chi connectivity index (χ0v) is 12.2. The summed E-state index contributed by atoms with van der Waals surface area (Å²) < 4.78 is 28.8. The molecule has 0 bridgehead atoms. The van der Waals surface area contributed by atoms with Crippen LogP contribution in [0.1, 0.15) is 24.5 Å². The first-order valence-electron chi connectivity index (χ1n) is 7.48. The topological polar surface area (TPSA) is 41.3 Å². The second-order valence-corrected chi connectivity index (χ2v) is 5.70. The van der Waals surface area contributed by atoms with Crippen LogP contribution >= 0.6 is 0 Å². The van der Waals surface area contributed by atoms with E-state index in [2.05, 4.69) is 10.00 Å². The summed E-state index contributed by atoms with van der Waals surface area (Å²) in [4.78, 5) is 2.12. The number of β-amino-alcohol motifs (C(OH)–C–C–N with tert-alkyl or cyclic N) is 1. The van der Waals surface area contributed by atoms with Gasteiger partial charge in [0.15, 0.2) is 0 Å². The van der Waals surface area contributed by atoms with Crippen molar-refractivity contribution in [3.05, 3.63) is 53.9 Å². The lowest BCUT2D eigenvalue weighted by Gasteiger charge is -2.27. The predicted octanol–water partition coefficient (Wildman–Crippen LogP) is 2.36. The van der Waals surface area contributed by atoms with Gasteiger partial charge in [-0.2, -0.15) is 5.10 Å². The number of rotatable bonds is 5. The van der Waals surface area contributed by atoms with Crippen LogP contribution in [0.4, 0.5) is 8.78 Å². The van der Waals surface area contributed by atoms with Crippen molar-refractivity contribution in [3.63, 3.8) is 0 Å². The molecule has 22 heavy (non-hydrogen) atoms. The van der Waals surface area contributed by atoms with Crippen LogP contribution < -0.4 is 0 Å². The molecule has 1 aromatic heterocycles. The van der Waals surface area contributed by atoms with Crippen LogP contribution in [0.25, 0.3) is 0 Å². The van der Waals surface area contributed by atoms with Crippen LogP contribution in [0.2, 0.25) is 0 Å². The molecule has 0 spiro atoms. The van der Waals surface area contributed by atoms with Gasteiger partial charge in [0.2, 0.25) is 0 Å². The normalized spacial score (nSPS) is 20.4. The van der Waals surface area contributed by atoms with Crippen LogP contribution in [-0.2, 0) is 6.54 Å². The Labute approximate surface area is 128 Å². The highest BCUT2D eigenvalue weighted by molar-refractivity contribution is 5.21. The lowest BCUT2D eigenvalue weighted by Crippen LogP contribution is -2.36. The molecule has 2 heterocycles. The van der Waals surface area contributed by atoms with E-state index in [4.69, 9.17) is 0 Å². The minimum Gasteiger partial charge on any atom is -0.387 e. The van der Waals surface area contributed by atoms with Gasteiger partial charge in [-0.15, -0.1) is 0 Å². The van der Waals surface area contributed by atoms with Crippen molar-refractivity contribution >= 4 is 0 Å². The molecule has 3 rings (SSSR count). The average molecular weight is 307 g/mol. The molecule has 0 radical (unpaired) electrons. The van der Waals surface area contributed by atoms with Gasteiger partial charge >= 0.3 is 0 Å². The van der Waals surface area contributed by atoms with E-state index in [9.17, 15) is 13.9 Å². The van der Waals surface area contributed by atoms with Crippen molar-refractivity contribution in [2.45, 2.75) is 31.5 Å². The molecule has 1 aliphatic rings. The maximum absolute atomic E-state index is 13.7. The molecule has 0 unspecified atom stereocenters. The maximum Gasteiger partial charge on any atom is 0.129 e. The SMILES string of the molecule is O[C@H](CN1CCC[C@H]1Cn1cccn1)c1cc(F)ccc1F. The van der Waals surface area contributed by atoms with Crippen LogP contribution in [0.15, 0.2) is 36.7 Å². The number of aliphatic hydroxyl groups is 1. The molecule has 1 aromatic carbocycles. The molecule has 1 fully saturated rings. The predicted molar refractivity (Wildman–Crippen MR) is 78.1 cm³/mol. The first-order valence-corrected chi connectivity index (χ1v) is 7.48. The largest absolute Gasteiger partial charge is 0.387 e. The number of likely N-dealkylation sites (tertiary alicyclic amines) is 1. The summed E-state index contributed by atoms with van der Waals surface area (Å²) in [6.07, 6.45) is 4.65. The Kier molecular flexibility index (Phi) is 4.49. The Morgan fingerprint density at radius 1 is 1.36 bits per heavy atom. The van der Waals surface area contributed by atoms with Crippen molar-refractivity contribution in [2.75, 3.05) is 13.1 Å². The van der Waals surface area contributed by atoms with E-state index in [0.717, 1.165) is 44.1 Å². The van der Waals surface area contributed by atoms with E-state index in [1.54, 1.807) is 6.20 Å². The lowest BCUT2D eigenvalue weighted by atomic mass is 10.1. The molecule has 1 aliphatic heterocycles. The van der Waals surface area contributed by atoms with E-state index in [-0.39, 0.29) is 11.6 Å². The molecule has 1 N–H and O–H groups in total. The molecule has 0 amide bonds. The Bertz CT molecular complexity index is 618. The van der Waals surface area contributed by atoms with Crippen LogP contribution in [0, 0.1) is 11.6 Å². The average Bonchev–Trinajstić information content (AvgIpc) is 3.15. The fourth-order valence-electron chi connectivity index (χ4n) is 3.06. The summed E-state index contributed by atoms with van der Waals surface area (Å²) in [5, 5.41) is 14.5. The monoisotopic (exact) mass is 307 g/mol. The molecule has 2 atom stereocenters. The van der Waals surface area contributed by atoms with Gasteiger partial charge in [-0.3, -0.25) is 9.58 Å². The molecule has 118 valence electrons. The summed E-state index contributed by atoms with van der Waals surface area (Å²) in [7, 11) is 0. The van der Waals surface area contributed by atoms with Crippen LogP contribution in [-0.4, -0.2) is 38.9 Å². The number of hydrogen-bond donors (Lipinski definition) is 1. The molecular weight excluding hydrogens is 288 g/mol. The molecule has 0 saturated carbocycles. The van der Waals surface area contributed by atoms with Gasteiger partial charge in [-0.1, -0.05) is 0 Å². The molecular formula is C16H19F2N3O. The second kappa shape index (κ2) is 6.54. The van der Waals surface area contributed by atoms with Gasteiger partial charge in [0.05, 0.1) is 12.6 Å². The Hall–Kier alpha value is -1.79. The first kappa shape index (κ1) is 15.1.